The fourth-order valence-corrected chi connectivity index (χ4v) is 6.98. The minimum atomic E-state index is -4.71. The van der Waals surface area contributed by atoms with E-state index in [2.05, 4.69) is 0 Å². The Labute approximate surface area is 296 Å². The summed E-state index contributed by atoms with van der Waals surface area (Å²) in [5.41, 5.74) is 1.22. The number of benzene rings is 1. The van der Waals surface area contributed by atoms with Crippen molar-refractivity contribution >= 4 is 41.1 Å². The maximum Gasteiger partial charge on any atom is 0.518 e. The molecule has 286 valence electrons. The molecular weight excluding hydrogens is 699 g/mol. The molecule has 6 N–H and O–H groups in total. The molecular formula is C33H43F3N5O11+. The molecule has 3 aliphatic rings. The van der Waals surface area contributed by atoms with Crippen LogP contribution in [0.3, 0.4) is 0 Å². The van der Waals surface area contributed by atoms with Crippen LogP contribution in [0.5, 0.6) is 5.75 Å². The van der Waals surface area contributed by atoms with Gasteiger partial charge in [0.15, 0.2) is 11.4 Å². The molecule has 1 aromatic rings. The number of hydrogen-bond donors (Lipinski definition) is 5. The number of likely N-dealkylation sites (N-methyl/N-ethyl adjacent to an activating group) is 1. The van der Waals surface area contributed by atoms with E-state index in [1.54, 1.807) is 19.0 Å². The molecule has 0 aliphatic heterocycles. The van der Waals surface area contributed by atoms with E-state index in [0.29, 0.717) is 16.2 Å². The maximum atomic E-state index is 14.2. The lowest BCUT2D eigenvalue weighted by Gasteiger charge is -2.50. The van der Waals surface area contributed by atoms with Crippen molar-refractivity contribution in [3.8, 4) is 5.75 Å². The van der Waals surface area contributed by atoms with Crippen LogP contribution in [0.15, 0.2) is 23.0 Å². The smallest absolute Gasteiger partial charge is 0.508 e. The van der Waals surface area contributed by atoms with Gasteiger partial charge in [-0.05, 0) is 44.5 Å². The predicted molar refractivity (Wildman–Crippen MR) is 176 cm³/mol. The van der Waals surface area contributed by atoms with Gasteiger partial charge >= 0.3 is 18.4 Å². The van der Waals surface area contributed by atoms with Gasteiger partial charge in [-0.25, -0.2) is 9.28 Å². The van der Waals surface area contributed by atoms with Gasteiger partial charge < -0.3 is 45.4 Å². The number of hydrogen-bond acceptors (Lipinski definition) is 13. The quantitative estimate of drug-likeness (QED) is 0.138. The molecule has 0 aromatic heterocycles. The van der Waals surface area contributed by atoms with E-state index in [4.69, 9.17) is 15.2 Å². The van der Waals surface area contributed by atoms with Gasteiger partial charge in [-0.3, -0.25) is 19.3 Å². The average molecular weight is 743 g/mol. The first-order chi connectivity index (χ1) is 23.8. The number of anilines is 1. The molecule has 0 bridgehead atoms. The topological polar surface area (TPSA) is 220 Å². The van der Waals surface area contributed by atoms with Gasteiger partial charge in [0.1, 0.15) is 22.8 Å². The zero-order chi connectivity index (χ0) is 39.4. The molecule has 0 unspecified atom stereocenters. The Morgan fingerprint density at radius 2 is 1.67 bits per heavy atom. The lowest BCUT2D eigenvalue weighted by molar-refractivity contribution is -0.795. The fraction of sp³-hybridized carbons (Fsp3) is 0.545. The van der Waals surface area contributed by atoms with Crippen molar-refractivity contribution in [3.05, 3.63) is 39.7 Å². The van der Waals surface area contributed by atoms with Gasteiger partial charge in [-0.1, -0.05) is 0 Å². The number of alkyl halides is 3. The van der Waals surface area contributed by atoms with Gasteiger partial charge in [-0.15, -0.1) is 0 Å². The molecule has 0 spiro atoms. The fourth-order valence-electron chi connectivity index (χ4n) is 6.98. The highest BCUT2D eigenvalue weighted by molar-refractivity contribution is 6.24. The Bertz CT molecular complexity index is 1770. The normalized spacial score (nSPS) is 23.2. The number of ether oxygens (including phenoxy) is 2. The van der Waals surface area contributed by atoms with Crippen LogP contribution in [-0.2, 0) is 36.8 Å². The zero-order valence-electron chi connectivity index (χ0n) is 29.7. The lowest BCUT2D eigenvalue weighted by atomic mass is 9.57. The largest absolute Gasteiger partial charge is 0.518 e. The number of Topliss-reactive ketones (excluding diaryl/α,β-unsaturated/α-hetero) is 2. The number of rotatable bonds is 9. The van der Waals surface area contributed by atoms with E-state index in [-0.39, 0.29) is 28.5 Å². The maximum absolute atomic E-state index is 14.2. The van der Waals surface area contributed by atoms with Crippen LogP contribution in [0, 0.1) is 11.8 Å². The molecule has 1 saturated carbocycles. The number of nitrogens with zero attached hydrogens (tertiary/aromatic N) is 4. The third kappa shape index (κ3) is 7.11. The summed E-state index contributed by atoms with van der Waals surface area (Å²) in [5, 5.41) is 46.2. The van der Waals surface area contributed by atoms with E-state index in [0.717, 1.165) is 0 Å². The van der Waals surface area contributed by atoms with E-state index in [1.807, 2.05) is 0 Å². The van der Waals surface area contributed by atoms with Crippen LogP contribution < -0.4 is 10.6 Å². The number of amides is 3. The second-order valence-electron chi connectivity index (χ2n) is 14.4. The van der Waals surface area contributed by atoms with E-state index in [1.165, 1.54) is 46.2 Å². The van der Waals surface area contributed by atoms with Crippen molar-refractivity contribution in [2.24, 2.45) is 17.6 Å². The minimum Gasteiger partial charge on any atom is -0.508 e. The van der Waals surface area contributed by atoms with Crippen molar-refractivity contribution in [1.29, 1.82) is 0 Å². The molecule has 1 fully saturated rings. The first kappa shape index (κ1) is 39.9. The number of aromatic hydroxyl groups is 1. The number of quaternary nitrogens is 1. The zero-order valence-corrected chi connectivity index (χ0v) is 29.7. The van der Waals surface area contributed by atoms with Crippen molar-refractivity contribution < 1.29 is 71.5 Å². The molecule has 4 rings (SSSR count). The summed E-state index contributed by atoms with van der Waals surface area (Å²) in [6.07, 6.45) is -8.51. The summed E-state index contributed by atoms with van der Waals surface area (Å²) in [4.78, 5) is 68.4. The molecule has 4 atom stereocenters. The number of aliphatic hydroxyl groups excluding tert-OH is 2. The third-order valence-electron chi connectivity index (χ3n) is 9.46. The Balaban J connectivity index is 1.82. The van der Waals surface area contributed by atoms with Crippen molar-refractivity contribution in [2.45, 2.75) is 43.6 Å². The number of carbonyl (C=O) groups is 5. The second kappa shape index (κ2) is 13.9. The van der Waals surface area contributed by atoms with Crippen LogP contribution in [0.2, 0.25) is 0 Å². The number of phenolic OH excluding ortho intramolecular Hbond substituents is 1. The number of carbonyl (C=O) groups excluding carboxylic acids is 5. The number of halogens is 3. The van der Waals surface area contributed by atoms with Crippen LogP contribution in [0.4, 0.5) is 28.4 Å². The highest BCUT2D eigenvalue weighted by Gasteiger charge is 2.64. The van der Waals surface area contributed by atoms with Gasteiger partial charge in [0.25, 0.3) is 5.91 Å². The van der Waals surface area contributed by atoms with Crippen LogP contribution >= 0.6 is 0 Å². The third-order valence-corrected chi connectivity index (χ3v) is 9.46. The summed E-state index contributed by atoms with van der Waals surface area (Å²) in [6, 6.07) is 0.110. The molecule has 1 aromatic carbocycles. The summed E-state index contributed by atoms with van der Waals surface area (Å²) < 4.78 is 49.4. The highest BCUT2D eigenvalue weighted by Crippen LogP contribution is 2.54. The Morgan fingerprint density at radius 3 is 2.19 bits per heavy atom. The summed E-state index contributed by atoms with van der Waals surface area (Å²) in [7, 11) is 10.6. The predicted octanol–water partition coefficient (Wildman–Crippen LogP) is 1.72. The molecule has 0 heterocycles. The number of ketones is 2. The molecule has 3 amide bonds. The first-order valence-electron chi connectivity index (χ1n) is 16.0. The van der Waals surface area contributed by atoms with Gasteiger partial charge in [0.05, 0.1) is 45.7 Å². The highest BCUT2D eigenvalue weighted by atomic mass is 19.4. The Morgan fingerprint density at radius 1 is 1.06 bits per heavy atom. The number of phenols is 1. The molecule has 3 aliphatic carbocycles. The van der Waals surface area contributed by atoms with Gasteiger partial charge in [0.2, 0.25) is 12.6 Å². The summed E-state index contributed by atoms with van der Waals surface area (Å²) in [5.74, 6) is -8.51. The number of fused-ring (bicyclic) bond motifs is 3. The van der Waals surface area contributed by atoms with E-state index >= 15 is 0 Å². The lowest BCUT2D eigenvalue weighted by Crippen LogP contribution is -2.65. The van der Waals surface area contributed by atoms with Crippen molar-refractivity contribution in [1.82, 2.24) is 9.80 Å². The van der Waals surface area contributed by atoms with E-state index in [9.17, 15) is 57.6 Å². The Kier molecular flexibility index (Phi) is 10.7. The molecule has 0 saturated heterocycles. The van der Waals surface area contributed by atoms with Gasteiger partial charge in [0, 0.05) is 43.4 Å². The molecule has 52 heavy (non-hydrogen) atoms. The first-order valence-corrected chi connectivity index (χ1v) is 16.0. The van der Waals surface area contributed by atoms with Crippen molar-refractivity contribution in [2.75, 3.05) is 67.6 Å². The monoisotopic (exact) mass is 742 g/mol. The number of aliphatic hydroxyl groups is 3. The van der Waals surface area contributed by atoms with Crippen LogP contribution in [0.1, 0.15) is 29.5 Å². The SMILES string of the molecule is CN(C)c1cc(CN(CCC(F)(F)F)C(=O)OCOC(=O)[N+](C)(C)C)c(O)c2c1C[C@H]1C[C@H]3[C@H](N(C)C)C(=O)C(C(N)=O)=C(O)[C@@]3(O)C(=O)C1=C2O. The number of primary amides is 1. The second-order valence-corrected chi connectivity index (χ2v) is 14.4. The molecule has 19 heteroatoms. The minimum absolute atomic E-state index is 0.0482. The standard InChI is InChI=1S/C33H42F3N5O11/c1-38(2)19-12-16(13-40(9-8-32(34,35)36)30(48)51-14-52-31(49)41(5,6)7)24(42)21-17(19)10-15-11-18-23(39(3)4)26(44)22(29(37)47)28(46)33(18,50)27(45)20(15)25(21)43/h12,15,18,23,50H,8-11,13-14H2,1-7H3,(H4-,37,42,43,44,45,46,47)/p+1/t15-,18-,23-,33-/m0/s1. The van der Waals surface area contributed by atoms with Crippen molar-refractivity contribution in [3.63, 3.8) is 0 Å². The summed E-state index contributed by atoms with van der Waals surface area (Å²) in [6.45, 7) is -2.57. The van der Waals surface area contributed by atoms with E-state index < -0.39 is 114 Å². The van der Waals surface area contributed by atoms with Crippen LogP contribution in [0.25, 0.3) is 5.76 Å². The average Bonchev–Trinajstić information content (AvgIpc) is 3.00. The number of nitrogens with two attached hydrogens (primary N) is 1. The van der Waals surface area contributed by atoms with Gasteiger partial charge in [-0.2, -0.15) is 18.0 Å². The summed E-state index contributed by atoms with van der Waals surface area (Å²) >= 11 is 0. The Hall–Kier alpha value is -4.88. The molecule has 0 radical (unpaired) electrons. The molecule has 16 nitrogen and oxygen atoms in total. The van der Waals surface area contributed by atoms with Crippen LogP contribution in [-0.4, -0.2) is 145 Å².